The molecule has 8 heteroatoms. The van der Waals surface area contributed by atoms with E-state index in [4.69, 9.17) is 4.74 Å². The molecule has 0 spiro atoms. The molecule has 1 aliphatic rings. The van der Waals surface area contributed by atoms with Gasteiger partial charge in [0.05, 0.1) is 12.6 Å². The molecule has 1 atom stereocenters. The topological polar surface area (TPSA) is 45.7 Å². The van der Waals surface area contributed by atoms with Crippen molar-refractivity contribution in [1.82, 2.24) is 10.6 Å². The number of rotatable bonds is 9. The molecule has 27 heavy (non-hydrogen) atoms. The predicted octanol–water partition coefficient (Wildman–Crippen LogP) is 4.57. The SMILES string of the molecule is CN=C(NCCCCC(F)(F)F)NC(C)c1ccc(OCC2CC2)c(F)c1. The molecule has 2 rings (SSSR count). The molecule has 1 saturated carbocycles. The number of aliphatic imine (C=N–C) groups is 1. The summed E-state index contributed by atoms with van der Waals surface area (Å²) in [5, 5.41) is 6.08. The summed E-state index contributed by atoms with van der Waals surface area (Å²) in [5.74, 6) is 0.862. The molecule has 152 valence electrons. The first-order chi connectivity index (χ1) is 12.8. The highest BCUT2D eigenvalue weighted by atomic mass is 19.4. The maximum atomic E-state index is 14.2. The van der Waals surface area contributed by atoms with Gasteiger partial charge in [-0.1, -0.05) is 6.07 Å². The van der Waals surface area contributed by atoms with Crippen molar-refractivity contribution in [3.8, 4) is 5.75 Å². The molecular weight excluding hydrogens is 362 g/mol. The van der Waals surface area contributed by atoms with Crippen LogP contribution < -0.4 is 15.4 Å². The van der Waals surface area contributed by atoms with E-state index in [9.17, 15) is 17.6 Å². The standard InChI is InChI=1S/C19H27F4N3O/c1-13(26-18(24-2)25-10-4-3-9-19(21,22)23)15-7-8-17(16(20)11-15)27-12-14-5-6-14/h7-8,11,13-14H,3-6,9-10,12H2,1-2H3,(H2,24,25,26). The largest absolute Gasteiger partial charge is 0.490 e. The minimum Gasteiger partial charge on any atom is -0.490 e. The molecule has 4 nitrogen and oxygen atoms in total. The number of nitrogens with zero attached hydrogens (tertiary/aromatic N) is 1. The van der Waals surface area contributed by atoms with Gasteiger partial charge in [-0.25, -0.2) is 4.39 Å². The van der Waals surface area contributed by atoms with E-state index in [1.165, 1.54) is 6.07 Å². The number of alkyl halides is 3. The van der Waals surface area contributed by atoms with Gasteiger partial charge in [0, 0.05) is 20.0 Å². The van der Waals surface area contributed by atoms with Gasteiger partial charge >= 0.3 is 6.18 Å². The number of hydrogen-bond acceptors (Lipinski definition) is 2. The fourth-order valence-electron chi connectivity index (χ4n) is 2.54. The number of halogens is 4. The van der Waals surface area contributed by atoms with Crippen molar-refractivity contribution in [2.24, 2.45) is 10.9 Å². The summed E-state index contributed by atoms with van der Waals surface area (Å²) in [4.78, 5) is 4.05. The molecule has 1 aliphatic carbocycles. The Bertz CT molecular complexity index is 630. The second kappa shape index (κ2) is 9.80. The smallest absolute Gasteiger partial charge is 0.389 e. The molecule has 0 aliphatic heterocycles. The first kappa shape index (κ1) is 21.3. The van der Waals surface area contributed by atoms with Crippen LogP contribution in [0.25, 0.3) is 0 Å². The lowest BCUT2D eigenvalue weighted by Crippen LogP contribution is -2.39. The van der Waals surface area contributed by atoms with Crippen LogP contribution in [0.1, 0.15) is 50.6 Å². The van der Waals surface area contributed by atoms with E-state index in [1.54, 1.807) is 19.2 Å². The number of benzene rings is 1. The molecule has 0 heterocycles. The zero-order valence-electron chi connectivity index (χ0n) is 15.7. The Kier molecular flexibility index (Phi) is 7.74. The maximum absolute atomic E-state index is 14.2. The molecule has 2 N–H and O–H groups in total. The van der Waals surface area contributed by atoms with Crippen molar-refractivity contribution in [1.29, 1.82) is 0 Å². The number of ether oxygens (including phenoxy) is 1. The van der Waals surface area contributed by atoms with E-state index < -0.39 is 18.4 Å². The first-order valence-corrected chi connectivity index (χ1v) is 9.24. The average Bonchev–Trinajstić information content (AvgIpc) is 3.42. The molecular formula is C19H27F4N3O. The summed E-state index contributed by atoms with van der Waals surface area (Å²) in [5.41, 5.74) is 0.728. The van der Waals surface area contributed by atoms with Crippen molar-refractivity contribution in [3.05, 3.63) is 29.6 Å². The molecule has 0 radical (unpaired) electrons. The van der Waals surface area contributed by atoms with Crippen LogP contribution in [-0.4, -0.2) is 32.3 Å². The van der Waals surface area contributed by atoms with Crippen molar-refractivity contribution < 1.29 is 22.3 Å². The molecule has 1 fully saturated rings. The van der Waals surface area contributed by atoms with Crippen molar-refractivity contribution >= 4 is 5.96 Å². The van der Waals surface area contributed by atoms with Crippen molar-refractivity contribution in [3.63, 3.8) is 0 Å². The summed E-state index contributed by atoms with van der Waals surface area (Å²) >= 11 is 0. The lowest BCUT2D eigenvalue weighted by atomic mass is 10.1. The Balaban J connectivity index is 1.77. The highest BCUT2D eigenvalue weighted by Gasteiger charge is 2.25. The molecule has 0 saturated heterocycles. The Hall–Kier alpha value is -1.99. The van der Waals surface area contributed by atoms with Crippen LogP contribution in [0, 0.1) is 11.7 Å². The number of nitrogens with one attached hydrogen (secondary N) is 2. The van der Waals surface area contributed by atoms with Gasteiger partial charge < -0.3 is 15.4 Å². The quantitative estimate of drug-likeness (QED) is 0.281. The normalized spacial score (nSPS) is 16.1. The zero-order chi connectivity index (χ0) is 19.9. The summed E-state index contributed by atoms with van der Waals surface area (Å²) < 4.78 is 56.0. The van der Waals surface area contributed by atoms with Crippen molar-refractivity contribution in [2.75, 3.05) is 20.2 Å². The minimum absolute atomic E-state index is 0.0660. The van der Waals surface area contributed by atoms with E-state index in [-0.39, 0.29) is 18.2 Å². The van der Waals surface area contributed by atoms with Crippen LogP contribution >= 0.6 is 0 Å². The third kappa shape index (κ3) is 8.05. The second-order valence-corrected chi connectivity index (χ2v) is 6.88. The summed E-state index contributed by atoms with van der Waals surface area (Å²) in [6.45, 7) is 2.79. The highest BCUT2D eigenvalue weighted by molar-refractivity contribution is 5.80. The Morgan fingerprint density at radius 2 is 2.04 bits per heavy atom. The van der Waals surface area contributed by atoms with Gasteiger partial charge in [-0.2, -0.15) is 13.2 Å². The Morgan fingerprint density at radius 3 is 2.63 bits per heavy atom. The summed E-state index contributed by atoms with van der Waals surface area (Å²) in [6, 6.07) is 4.62. The first-order valence-electron chi connectivity index (χ1n) is 9.24. The maximum Gasteiger partial charge on any atom is 0.389 e. The number of hydrogen-bond donors (Lipinski definition) is 2. The van der Waals surface area contributed by atoms with Crippen LogP contribution in [0.5, 0.6) is 5.75 Å². The van der Waals surface area contributed by atoms with E-state index in [2.05, 4.69) is 15.6 Å². The van der Waals surface area contributed by atoms with Gasteiger partial charge in [-0.15, -0.1) is 0 Å². The van der Waals surface area contributed by atoms with Gasteiger partial charge in [-0.05, 0) is 56.2 Å². The summed E-state index contributed by atoms with van der Waals surface area (Å²) in [7, 11) is 1.58. The fraction of sp³-hybridized carbons (Fsp3) is 0.632. The van der Waals surface area contributed by atoms with Crippen LogP contribution in [0.2, 0.25) is 0 Å². The minimum atomic E-state index is -4.12. The lowest BCUT2D eigenvalue weighted by molar-refractivity contribution is -0.135. The Morgan fingerprint density at radius 1 is 1.30 bits per heavy atom. The van der Waals surface area contributed by atoms with E-state index >= 15 is 0 Å². The number of guanidine groups is 1. The molecule has 1 unspecified atom stereocenters. The third-order valence-electron chi connectivity index (χ3n) is 4.38. The predicted molar refractivity (Wildman–Crippen MR) is 97.4 cm³/mol. The van der Waals surface area contributed by atoms with E-state index in [0.717, 1.165) is 18.4 Å². The molecule has 0 amide bonds. The van der Waals surface area contributed by atoms with Gasteiger partial charge in [0.2, 0.25) is 0 Å². The molecule has 1 aromatic carbocycles. The van der Waals surface area contributed by atoms with Crippen LogP contribution in [0.3, 0.4) is 0 Å². The fourth-order valence-corrected chi connectivity index (χ4v) is 2.54. The van der Waals surface area contributed by atoms with Gasteiger partial charge in [0.25, 0.3) is 0 Å². The van der Waals surface area contributed by atoms with Crippen LogP contribution in [-0.2, 0) is 0 Å². The third-order valence-corrected chi connectivity index (χ3v) is 4.38. The van der Waals surface area contributed by atoms with Gasteiger partial charge in [0.15, 0.2) is 17.5 Å². The number of unbranched alkanes of at least 4 members (excludes halogenated alkanes) is 1. The highest BCUT2D eigenvalue weighted by Crippen LogP contribution is 2.30. The van der Waals surface area contributed by atoms with Crippen LogP contribution in [0.15, 0.2) is 23.2 Å². The van der Waals surface area contributed by atoms with Gasteiger partial charge in [0.1, 0.15) is 0 Å². The van der Waals surface area contributed by atoms with E-state index in [0.29, 0.717) is 31.4 Å². The Labute approximate surface area is 157 Å². The van der Waals surface area contributed by atoms with E-state index in [1.807, 2.05) is 6.92 Å². The second-order valence-electron chi connectivity index (χ2n) is 6.88. The van der Waals surface area contributed by atoms with Crippen molar-refractivity contribution in [2.45, 2.75) is 51.2 Å². The molecule has 0 bridgehead atoms. The summed E-state index contributed by atoms with van der Waals surface area (Å²) in [6.07, 6.45) is -2.17. The van der Waals surface area contributed by atoms with Crippen LogP contribution in [0.4, 0.5) is 17.6 Å². The lowest BCUT2D eigenvalue weighted by Gasteiger charge is -2.19. The van der Waals surface area contributed by atoms with Gasteiger partial charge in [-0.3, -0.25) is 4.99 Å². The molecule has 0 aromatic heterocycles. The average molecular weight is 389 g/mol. The zero-order valence-corrected chi connectivity index (χ0v) is 15.7. The molecule has 1 aromatic rings. The monoisotopic (exact) mass is 389 g/mol.